The summed E-state index contributed by atoms with van der Waals surface area (Å²) < 4.78 is 0. The number of nitrogens with zero attached hydrogens (tertiary/aromatic N) is 2. The lowest BCUT2D eigenvalue weighted by Gasteiger charge is -2.43. The van der Waals surface area contributed by atoms with Gasteiger partial charge in [-0.2, -0.15) is 0 Å². The third kappa shape index (κ3) is 2.69. The van der Waals surface area contributed by atoms with Crippen molar-refractivity contribution in [2.75, 3.05) is 13.6 Å². The smallest absolute Gasteiger partial charge is 0.330 e. The van der Waals surface area contributed by atoms with Crippen molar-refractivity contribution in [3.8, 4) is 0 Å². The highest BCUT2D eigenvalue weighted by Gasteiger charge is 2.49. The van der Waals surface area contributed by atoms with Gasteiger partial charge >= 0.3 is 17.8 Å². The lowest BCUT2D eigenvalue weighted by Crippen LogP contribution is -2.51. The number of amides is 4. The van der Waals surface area contributed by atoms with Gasteiger partial charge in [-0.3, -0.25) is 19.4 Å². The summed E-state index contributed by atoms with van der Waals surface area (Å²) in [5.74, 6) is -0.961. The Balaban J connectivity index is 2.28. The Labute approximate surface area is 125 Å². The molecule has 21 heavy (non-hydrogen) atoms. The molecule has 0 aromatic rings. The normalized spacial score (nSPS) is 31.3. The molecule has 2 rings (SSSR count). The van der Waals surface area contributed by atoms with Crippen LogP contribution in [0.15, 0.2) is 0 Å². The lowest BCUT2D eigenvalue weighted by molar-refractivity contribution is -0.144. The molecule has 4 amide bonds. The van der Waals surface area contributed by atoms with Gasteiger partial charge in [0.1, 0.15) is 0 Å². The molecule has 0 aromatic carbocycles. The molecule has 0 radical (unpaired) electrons. The van der Waals surface area contributed by atoms with Crippen LogP contribution in [0.5, 0.6) is 0 Å². The molecule has 0 bridgehead atoms. The van der Waals surface area contributed by atoms with Crippen LogP contribution in [0.3, 0.4) is 0 Å². The van der Waals surface area contributed by atoms with Crippen LogP contribution in [0, 0.1) is 17.3 Å². The molecule has 1 heterocycles. The van der Waals surface area contributed by atoms with Crippen molar-refractivity contribution >= 4 is 17.8 Å². The van der Waals surface area contributed by atoms with Crippen molar-refractivity contribution in [3.63, 3.8) is 0 Å². The summed E-state index contributed by atoms with van der Waals surface area (Å²) in [5, 5.41) is 0. The minimum atomic E-state index is -0.742. The second kappa shape index (κ2) is 5.40. The van der Waals surface area contributed by atoms with Gasteiger partial charge in [-0.15, -0.1) is 0 Å². The van der Waals surface area contributed by atoms with Crippen molar-refractivity contribution in [2.24, 2.45) is 23.0 Å². The Morgan fingerprint density at radius 2 is 1.76 bits per heavy atom. The molecule has 2 N–H and O–H groups in total. The number of imide groups is 2. The molecule has 6 heteroatoms. The monoisotopic (exact) mass is 295 g/mol. The Morgan fingerprint density at radius 1 is 1.14 bits per heavy atom. The van der Waals surface area contributed by atoms with Gasteiger partial charge in [-0.25, -0.2) is 4.79 Å². The van der Waals surface area contributed by atoms with Gasteiger partial charge in [-0.05, 0) is 43.1 Å². The van der Waals surface area contributed by atoms with Crippen molar-refractivity contribution in [3.05, 3.63) is 0 Å². The number of hydrogen-bond donors (Lipinski definition) is 1. The number of rotatable bonds is 2. The molecule has 3 atom stereocenters. The second-order valence-electron chi connectivity index (χ2n) is 7.26. The minimum Gasteiger partial charge on any atom is -0.330 e. The van der Waals surface area contributed by atoms with E-state index < -0.39 is 17.8 Å². The summed E-state index contributed by atoms with van der Waals surface area (Å²) in [6.07, 6.45) is 2.66. The summed E-state index contributed by atoms with van der Waals surface area (Å²) in [4.78, 5) is 38.1. The third-order valence-corrected chi connectivity index (χ3v) is 5.01. The van der Waals surface area contributed by atoms with Crippen LogP contribution < -0.4 is 5.73 Å². The van der Waals surface area contributed by atoms with Crippen LogP contribution >= 0.6 is 0 Å². The van der Waals surface area contributed by atoms with E-state index >= 15 is 0 Å². The molecule has 2 fully saturated rings. The highest BCUT2D eigenvalue weighted by atomic mass is 16.2. The Kier molecular flexibility index (Phi) is 4.10. The fourth-order valence-corrected chi connectivity index (χ4v) is 3.46. The van der Waals surface area contributed by atoms with E-state index in [-0.39, 0.29) is 17.4 Å². The number of likely N-dealkylation sites (N-methyl/N-ethyl adjacent to an activating group) is 1. The van der Waals surface area contributed by atoms with Gasteiger partial charge < -0.3 is 5.73 Å². The summed E-state index contributed by atoms with van der Waals surface area (Å²) in [6.45, 7) is 6.93. The molecule has 0 spiro atoms. The lowest BCUT2D eigenvalue weighted by atomic mass is 9.67. The van der Waals surface area contributed by atoms with Crippen LogP contribution in [0.25, 0.3) is 0 Å². The highest BCUT2D eigenvalue weighted by Crippen LogP contribution is 2.42. The van der Waals surface area contributed by atoms with E-state index in [0.717, 1.165) is 29.1 Å². The Bertz CT molecular complexity index is 469. The van der Waals surface area contributed by atoms with Gasteiger partial charge in [0.2, 0.25) is 0 Å². The predicted octanol–water partition coefficient (Wildman–Crippen LogP) is 1.20. The van der Waals surface area contributed by atoms with E-state index in [9.17, 15) is 14.4 Å². The first-order chi connectivity index (χ1) is 9.68. The van der Waals surface area contributed by atoms with Crippen LogP contribution in [0.1, 0.15) is 40.0 Å². The number of carbonyl (C=O) groups is 3. The maximum Gasteiger partial charge on any atom is 0.334 e. The summed E-state index contributed by atoms with van der Waals surface area (Å²) in [5.41, 5.74) is 5.94. The molecule has 3 unspecified atom stereocenters. The van der Waals surface area contributed by atoms with Crippen LogP contribution in [-0.4, -0.2) is 47.3 Å². The summed E-state index contributed by atoms with van der Waals surface area (Å²) in [7, 11) is 1.35. The molecule has 1 saturated carbocycles. The fraction of sp³-hybridized carbons (Fsp3) is 0.800. The average Bonchev–Trinajstić information content (AvgIpc) is 2.61. The molecular formula is C15H25N3O3. The zero-order chi connectivity index (χ0) is 15.9. The highest BCUT2D eigenvalue weighted by molar-refractivity contribution is 6.44. The van der Waals surface area contributed by atoms with Gasteiger partial charge in [0, 0.05) is 13.1 Å². The van der Waals surface area contributed by atoms with E-state index in [1.165, 1.54) is 7.05 Å². The Hall–Kier alpha value is -1.43. The SMILES string of the molecule is CN1C(=O)C(=O)N(C2CC(C(C)(C)C)CCC2CN)C1=O. The van der Waals surface area contributed by atoms with Gasteiger partial charge in [0.05, 0.1) is 0 Å². The average molecular weight is 295 g/mol. The van der Waals surface area contributed by atoms with E-state index in [1.54, 1.807) is 0 Å². The fourth-order valence-electron chi connectivity index (χ4n) is 3.46. The number of nitrogens with two attached hydrogens (primary N) is 1. The van der Waals surface area contributed by atoms with Crippen LogP contribution in [-0.2, 0) is 9.59 Å². The van der Waals surface area contributed by atoms with Crippen molar-refractivity contribution in [1.29, 1.82) is 0 Å². The zero-order valence-electron chi connectivity index (χ0n) is 13.3. The van der Waals surface area contributed by atoms with Gasteiger partial charge in [-0.1, -0.05) is 20.8 Å². The molecule has 1 saturated heterocycles. The van der Waals surface area contributed by atoms with Gasteiger partial charge in [0.25, 0.3) is 0 Å². The van der Waals surface area contributed by atoms with E-state index in [1.807, 2.05) is 0 Å². The van der Waals surface area contributed by atoms with E-state index in [4.69, 9.17) is 5.73 Å². The molecule has 1 aliphatic carbocycles. The topological polar surface area (TPSA) is 83.7 Å². The first kappa shape index (κ1) is 15.9. The predicted molar refractivity (Wildman–Crippen MR) is 78.1 cm³/mol. The molecule has 6 nitrogen and oxygen atoms in total. The minimum absolute atomic E-state index is 0.0794. The Morgan fingerprint density at radius 3 is 2.19 bits per heavy atom. The molecule has 2 aliphatic rings. The van der Waals surface area contributed by atoms with Gasteiger partial charge in [0.15, 0.2) is 0 Å². The van der Waals surface area contributed by atoms with Crippen LogP contribution in [0.2, 0.25) is 0 Å². The molecule has 0 aromatic heterocycles. The largest absolute Gasteiger partial charge is 0.334 e. The number of carbonyl (C=O) groups excluding carboxylic acids is 3. The number of hydrogen-bond acceptors (Lipinski definition) is 4. The van der Waals surface area contributed by atoms with E-state index in [2.05, 4.69) is 20.8 Å². The van der Waals surface area contributed by atoms with Crippen molar-refractivity contribution in [1.82, 2.24) is 9.80 Å². The molecular weight excluding hydrogens is 270 g/mol. The molecule has 118 valence electrons. The second-order valence-corrected chi connectivity index (χ2v) is 7.26. The van der Waals surface area contributed by atoms with E-state index in [0.29, 0.717) is 12.5 Å². The first-order valence-electron chi connectivity index (χ1n) is 7.53. The maximum atomic E-state index is 12.2. The number of urea groups is 1. The summed E-state index contributed by atoms with van der Waals surface area (Å²) >= 11 is 0. The third-order valence-electron chi connectivity index (χ3n) is 5.01. The first-order valence-corrected chi connectivity index (χ1v) is 7.53. The van der Waals surface area contributed by atoms with Crippen molar-refractivity contribution in [2.45, 2.75) is 46.1 Å². The standard InChI is InChI=1S/C15H25N3O3/c1-15(2,3)10-6-5-9(8-16)11(7-10)18-13(20)12(19)17(4)14(18)21/h9-11H,5-8,16H2,1-4H3. The zero-order valence-corrected chi connectivity index (χ0v) is 13.3. The van der Waals surface area contributed by atoms with Crippen LogP contribution in [0.4, 0.5) is 4.79 Å². The molecule has 1 aliphatic heterocycles. The summed E-state index contributed by atoms with van der Waals surface area (Å²) in [6, 6.07) is -0.773. The van der Waals surface area contributed by atoms with Crippen molar-refractivity contribution < 1.29 is 14.4 Å². The quantitative estimate of drug-likeness (QED) is 0.613. The maximum absolute atomic E-state index is 12.2.